The number of carboxylic acids is 1. The van der Waals surface area contributed by atoms with Gasteiger partial charge >= 0.3 is 17.7 Å². The average molecular weight is 1570 g/mol. The van der Waals surface area contributed by atoms with Gasteiger partial charge in [-0.1, -0.05) is 84.9 Å². The van der Waals surface area contributed by atoms with Crippen LogP contribution in [0.4, 0.5) is 50.7 Å². The van der Waals surface area contributed by atoms with Gasteiger partial charge in [-0.2, -0.15) is 9.37 Å². The van der Waals surface area contributed by atoms with E-state index in [1.807, 2.05) is 175 Å². The van der Waals surface area contributed by atoms with Gasteiger partial charge in [-0.15, -0.1) is 0 Å². The number of rotatable bonds is 19. The second-order valence-corrected chi connectivity index (χ2v) is 25.7. The number of para-hydroxylation sites is 13. The number of anilines is 6. The van der Waals surface area contributed by atoms with Gasteiger partial charge in [0.2, 0.25) is 29.5 Å². The normalized spacial score (nSPS) is 10.7. The summed E-state index contributed by atoms with van der Waals surface area (Å²) in [7, 11) is 11.3. The number of carbonyl (C=O) groups is 3. The van der Waals surface area contributed by atoms with Gasteiger partial charge in [0.1, 0.15) is 33.9 Å². The number of nitrogens with two attached hydrogens (primary N) is 2. The summed E-state index contributed by atoms with van der Waals surface area (Å²) in [6.07, 6.45) is 1.94. The number of nitrogen functional groups attached to an aromatic ring is 2. The van der Waals surface area contributed by atoms with Crippen LogP contribution in [-0.2, 0) is 45.8 Å². The third-order valence-corrected chi connectivity index (χ3v) is 18.0. The first kappa shape index (κ1) is 81.9. The maximum Gasteiger partial charge on any atom is 0.335 e. The number of Topliss-reactive ketones (excluding diaryl/α,β-unsaturated/α-hetero) is 2. The first-order valence-corrected chi connectivity index (χ1v) is 36.1. The monoisotopic (exact) mass is 1570 g/mol. The van der Waals surface area contributed by atoms with Gasteiger partial charge in [-0.3, -0.25) is 35.1 Å². The second-order valence-electron chi connectivity index (χ2n) is 25.7. The lowest BCUT2D eigenvalue weighted by Crippen LogP contribution is -2.04. The van der Waals surface area contributed by atoms with E-state index in [9.17, 15) is 39.0 Å². The minimum atomic E-state index is -0.980. The van der Waals surface area contributed by atoms with Gasteiger partial charge in [0.05, 0.1) is 97.0 Å². The standard InChI is InChI=1S/C21H22N4O4.C18H15N3O2.C17H13N3O3.C8H9N3.C7H8N2O2.C7H10N2.C6H4FNO2/c1-25-17-6-3-2-5-15(17)22-20(25)24-21-23-16-13-14(8-9-19(16)29-21)18(27)7-4-11-28-12-10-26;1-11(22)12-7-8-16-14(9-12)20-18(23-16)10-17-19-13-5-3-4-6-15(13)21(17)2;1-20-13-5-3-2-4-11(13)18-15(20)9-16-19-12-8-10(17(21)22)6-7-14(12)23-16;1-11-7-5-3-2-4-6(7)10-8(11)9;1-8-6-4-2-3-5-7(6)9(10)11;1-9-7-5-3-2-4-6(7)8;7-5-3-1-2-4-6(5)8(9)10/h2-3,5-6,8-9,13,26H,4,7,10-12H2,1H3,(H,22,23,24);3-9H,10H2,1-2H3;2-8H,9H2,1H3,(H,21,22);2-5H,1H3,(H2,9,10);2-5,8H,1H3;2-5,9H,8H2,1H3;1-4H. The fourth-order valence-corrected chi connectivity index (χ4v) is 11.9. The highest BCUT2D eigenvalue weighted by Gasteiger charge is 2.19. The highest BCUT2D eigenvalue weighted by Crippen LogP contribution is 2.29. The second kappa shape index (κ2) is 38.3. The molecular weight excluding hydrogens is 1490 g/mol. The molecule has 116 heavy (non-hydrogen) atoms. The Labute approximate surface area is 661 Å². The Morgan fingerprint density at radius 1 is 0.491 bits per heavy atom. The largest absolute Gasteiger partial charge is 0.478 e. The third kappa shape index (κ3) is 20.4. The van der Waals surface area contributed by atoms with Crippen LogP contribution in [0.2, 0.25) is 0 Å². The van der Waals surface area contributed by atoms with Crippen molar-refractivity contribution in [2.24, 2.45) is 28.2 Å². The van der Waals surface area contributed by atoms with E-state index in [1.165, 1.54) is 30.3 Å². The molecule has 0 radical (unpaired) electrons. The molecule has 0 saturated carbocycles. The van der Waals surface area contributed by atoms with Crippen LogP contribution in [-0.4, -0.2) is 125 Å². The molecule has 0 aliphatic heterocycles. The van der Waals surface area contributed by atoms with Crippen LogP contribution in [0.5, 0.6) is 0 Å². The summed E-state index contributed by atoms with van der Waals surface area (Å²) >= 11 is 0. The van der Waals surface area contributed by atoms with Crippen molar-refractivity contribution < 1.29 is 56.8 Å². The predicted octanol–water partition coefficient (Wildman–Crippen LogP) is 15.8. The number of aromatic nitrogens is 11. The molecular formula is C84H81FN18O13. The molecule has 0 unspecified atom stereocenters. The number of hydrogen-bond donors (Lipinski definition) is 7. The number of nitro benzene ring substituents is 2. The van der Waals surface area contributed by atoms with E-state index >= 15 is 0 Å². The van der Waals surface area contributed by atoms with Crippen LogP contribution < -0.4 is 27.4 Å². The van der Waals surface area contributed by atoms with E-state index in [0.717, 1.165) is 79.3 Å². The molecule has 17 aromatic rings. The van der Waals surface area contributed by atoms with E-state index in [-0.39, 0.29) is 29.4 Å². The number of aliphatic hydroxyl groups excluding tert-OH is 1. The number of oxazole rings is 3. The van der Waals surface area contributed by atoms with E-state index in [0.29, 0.717) is 119 Å². The smallest absolute Gasteiger partial charge is 0.335 e. The Kier molecular flexibility index (Phi) is 27.0. The average Bonchev–Trinajstić information content (AvgIpc) is 1.66. The van der Waals surface area contributed by atoms with Crippen LogP contribution in [0, 0.1) is 26.0 Å². The number of aliphatic hydroxyl groups is 1. The molecule has 0 spiro atoms. The number of benzene rings is 10. The van der Waals surface area contributed by atoms with Gasteiger partial charge in [0, 0.05) is 78.6 Å². The summed E-state index contributed by atoms with van der Waals surface area (Å²) in [4.78, 5) is 85.3. The summed E-state index contributed by atoms with van der Waals surface area (Å²) in [5.74, 6) is 2.29. The van der Waals surface area contributed by atoms with E-state index < -0.39 is 27.3 Å². The highest BCUT2D eigenvalue weighted by molar-refractivity contribution is 5.99. The number of imidazole rings is 4. The number of nitrogens with zero attached hydrogens (tertiary/aromatic N) is 13. The van der Waals surface area contributed by atoms with Crippen LogP contribution in [0.1, 0.15) is 74.3 Å². The molecule has 0 saturated heterocycles. The Morgan fingerprint density at radius 3 is 1.41 bits per heavy atom. The predicted molar refractivity (Wildman–Crippen MR) is 443 cm³/mol. The Balaban J connectivity index is 0.000000139. The first-order valence-electron chi connectivity index (χ1n) is 36.1. The van der Waals surface area contributed by atoms with Gasteiger partial charge < -0.3 is 68.6 Å². The Bertz CT molecular complexity index is 6170. The van der Waals surface area contributed by atoms with E-state index in [2.05, 4.69) is 50.8 Å². The molecule has 0 fully saturated rings. The van der Waals surface area contributed by atoms with Crippen LogP contribution >= 0.6 is 0 Å². The van der Waals surface area contributed by atoms with Crippen molar-refractivity contribution in [3.05, 3.63) is 291 Å². The number of aryl methyl sites for hydroxylation is 4. The van der Waals surface area contributed by atoms with Gasteiger partial charge in [0.15, 0.2) is 28.3 Å². The van der Waals surface area contributed by atoms with E-state index in [1.54, 1.807) is 74.6 Å². The zero-order chi connectivity index (χ0) is 82.5. The summed E-state index contributed by atoms with van der Waals surface area (Å²) < 4.78 is 42.7. The van der Waals surface area contributed by atoms with Gasteiger partial charge in [-0.25, -0.2) is 34.7 Å². The van der Waals surface area contributed by atoms with Crippen molar-refractivity contribution in [2.75, 3.05) is 61.3 Å². The van der Waals surface area contributed by atoms with Crippen LogP contribution in [0.3, 0.4) is 0 Å². The van der Waals surface area contributed by atoms with Gasteiger partial charge in [0.25, 0.3) is 5.69 Å². The summed E-state index contributed by atoms with van der Waals surface area (Å²) in [5.41, 5.74) is 26.1. The zero-order valence-electron chi connectivity index (χ0n) is 64.0. The number of nitro groups is 2. The maximum atomic E-state index is 12.4. The van der Waals surface area contributed by atoms with Crippen LogP contribution in [0.25, 0.3) is 77.4 Å². The van der Waals surface area contributed by atoms with Crippen molar-refractivity contribution in [1.82, 2.24) is 53.2 Å². The SMILES string of the molecule is CC(=O)c1ccc2oc(Cc3nc4ccccc4n3C)nc2c1.CNc1ccccc1N.CNc1ccccc1[N+](=O)[O-].Cn1c(Cc2nc3cc(C(=O)O)ccc3o2)nc2ccccc21.Cn1c(N)nc2ccccc21.Cn1c(Nc2nc3cc(C(=O)CCCOCCO)ccc3o2)nc2ccccc21.O=[N+]([O-])c1ccccc1F. The minimum absolute atomic E-state index is 0.0125. The summed E-state index contributed by atoms with van der Waals surface area (Å²) in [6, 6.07) is 66.3. The van der Waals surface area contributed by atoms with Crippen LogP contribution in [0.15, 0.2) is 238 Å². The van der Waals surface area contributed by atoms with Crippen molar-refractivity contribution in [3.8, 4) is 0 Å². The lowest BCUT2D eigenvalue weighted by atomic mass is 10.1. The first-order chi connectivity index (χ1) is 56.0. The van der Waals surface area contributed by atoms with Crippen molar-refractivity contribution >= 4 is 141 Å². The fourth-order valence-electron chi connectivity index (χ4n) is 11.9. The number of nitrogens with one attached hydrogen (secondary N) is 3. The molecule has 17 rings (SSSR count). The lowest BCUT2D eigenvalue weighted by Gasteiger charge is -2.02. The summed E-state index contributed by atoms with van der Waals surface area (Å²) in [6.45, 7) is 2.27. The number of fused-ring (bicyclic) bond motifs is 7. The quantitative estimate of drug-likeness (QED) is 0.0130. The molecule has 0 amide bonds. The van der Waals surface area contributed by atoms with Crippen molar-refractivity contribution in [3.63, 3.8) is 0 Å². The van der Waals surface area contributed by atoms with Gasteiger partial charge in [-0.05, 0) is 141 Å². The number of carbonyl (C=O) groups excluding carboxylic acids is 2. The molecule has 31 nitrogen and oxygen atoms in total. The molecule has 0 bridgehead atoms. The molecule has 0 atom stereocenters. The number of hydrogen-bond acceptors (Lipinski definition) is 24. The Hall–Kier alpha value is -15.1. The topological polar surface area (TPSA) is 425 Å². The number of ether oxygens (including phenoxy) is 1. The zero-order valence-corrected chi connectivity index (χ0v) is 64.0. The molecule has 32 heteroatoms. The third-order valence-electron chi connectivity index (χ3n) is 18.0. The number of ketones is 2. The summed E-state index contributed by atoms with van der Waals surface area (Å²) in [5, 5.41) is 46.9. The number of carboxylic acid groups (broad SMARTS) is 1. The Morgan fingerprint density at radius 2 is 0.931 bits per heavy atom. The minimum Gasteiger partial charge on any atom is -0.478 e. The number of aromatic carboxylic acids is 1. The molecule has 0 aliphatic rings. The maximum absolute atomic E-state index is 12.4. The highest BCUT2D eigenvalue weighted by atomic mass is 19.1. The molecule has 7 heterocycles. The van der Waals surface area contributed by atoms with Crippen molar-refractivity contribution in [1.29, 1.82) is 0 Å². The number of halogens is 1. The molecule has 7 aromatic heterocycles. The lowest BCUT2D eigenvalue weighted by molar-refractivity contribution is -0.387. The molecule has 10 aromatic carbocycles. The molecule has 592 valence electrons. The van der Waals surface area contributed by atoms with Crippen molar-refractivity contribution in [2.45, 2.75) is 32.6 Å². The molecule has 9 N–H and O–H groups in total. The fraction of sp³-hybridized carbons (Fsp3) is 0.167. The molecule has 0 aliphatic carbocycles. The van der Waals surface area contributed by atoms with E-state index in [4.69, 9.17) is 39.7 Å².